The summed E-state index contributed by atoms with van der Waals surface area (Å²) < 4.78 is 37.1. The predicted molar refractivity (Wildman–Crippen MR) is 164 cm³/mol. The smallest absolute Gasteiger partial charge is 0.708 e. The maximum Gasteiger partial charge on any atom is 1.00 e. The number of H-pyrrole nitrogens is 1. The average molecular weight is 843 g/mol. The quantitative estimate of drug-likeness (QED) is 0.0193. The SMILES string of the molecule is Cc1c(S(=O)(=S)O[O-])c(N)c2sc3c(sc2c1O)c(=O)c(=N)c1sc2c(S(=S)OO[O-])c(=O)c(=N)c(S(=O)(=S)O[O-])c2[nH]c13.[Na+].[Na+].[Na+]. The molecule has 5 aromatic rings. The van der Waals surface area contributed by atoms with Gasteiger partial charge in [-0.1, -0.05) is 0 Å². The van der Waals surface area contributed by atoms with E-state index in [1.807, 2.05) is 0 Å². The van der Waals surface area contributed by atoms with Gasteiger partial charge in [0.25, 0.3) is 0 Å². The molecule has 6 N–H and O–H groups in total. The molecule has 3 unspecified atom stereocenters. The van der Waals surface area contributed by atoms with Gasteiger partial charge in [0.2, 0.25) is 10.9 Å². The van der Waals surface area contributed by atoms with Crippen LogP contribution in [-0.4, -0.2) is 18.5 Å². The predicted octanol–water partition coefficient (Wildman–Crippen LogP) is -10.7. The zero-order valence-electron chi connectivity index (χ0n) is 23.7. The van der Waals surface area contributed by atoms with Gasteiger partial charge < -0.3 is 40.3 Å². The van der Waals surface area contributed by atoms with Crippen LogP contribution in [0.5, 0.6) is 5.75 Å². The number of anilines is 1. The number of hydrogen-bond donors (Lipinski definition) is 5. The first kappa shape index (κ1) is 44.1. The molecule has 16 nitrogen and oxygen atoms in total. The van der Waals surface area contributed by atoms with Crippen LogP contribution < -0.4 is 132 Å². The van der Waals surface area contributed by atoms with Crippen LogP contribution in [0.1, 0.15) is 5.56 Å². The number of rotatable bonds is 7. The van der Waals surface area contributed by atoms with Gasteiger partial charge in [0.1, 0.15) is 26.3 Å². The van der Waals surface area contributed by atoms with E-state index in [0.29, 0.717) is 22.7 Å². The number of fused-ring (bicyclic) bond motifs is 5. The molecule has 0 aliphatic carbocycles. The van der Waals surface area contributed by atoms with Crippen LogP contribution >= 0.6 is 34.0 Å². The van der Waals surface area contributed by atoms with Crippen molar-refractivity contribution in [3.8, 4) is 5.75 Å². The molecule has 0 amide bonds. The molecule has 3 aromatic carbocycles. The minimum absolute atomic E-state index is 0. The standard InChI is InChI=1S/C19H12N4O12S9.3Na/c1-2-8(24)15-12(5(22)18(2)43(30,37)33-28)40-13-6-11(3(20)9(25)16(13)41-15)39-14-7(23-6)19(44(31,38)34-29)4(21)10(26)17(14)42(36)35-32-27;;;/h20-21,23-24,27-29H,22H2,1H3;;;/q;3*+1/p-3. The fraction of sp³-hybridized carbons (Fsp3) is 0.0526. The molecule has 0 saturated carbocycles. The average Bonchev–Trinajstić information content (AvgIpc) is 2.98. The first-order valence-corrected chi connectivity index (χ1v) is 20.1. The molecule has 234 valence electrons. The first-order chi connectivity index (χ1) is 20.5. The Morgan fingerprint density at radius 2 is 1.36 bits per heavy atom. The van der Waals surface area contributed by atoms with E-state index in [1.54, 1.807) is 0 Å². The van der Waals surface area contributed by atoms with Crippen LogP contribution in [0.25, 0.3) is 39.2 Å². The van der Waals surface area contributed by atoms with Gasteiger partial charge in [-0.25, -0.2) is 8.42 Å². The molecule has 3 atom stereocenters. The van der Waals surface area contributed by atoms with Crippen molar-refractivity contribution in [3.63, 3.8) is 0 Å². The summed E-state index contributed by atoms with van der Waals surface area (Å²) in [6.07, 6.45) is 0. The number of nitrogens with two attached hydrogens (primary N) is 1. The molecule has 0 spiro atoms. The molecule has 0 aliphatic rings. The van der Waals surface area contributed by atoms with Crippen LogP contribution in [0.4, 0.5) is 5.69 Å². The van der Waals surface area contributed by atoms with Crippen molar-refractivity contribution in [1.82, 2.24) is 4.98 Å². The summed E-state index contributed by atoms with van der Waals surface area (Å²) in [6.45, 7) is 1.28. The van der Waals surface area contributed by atoms with Gasteiger partial charge in [-0.3, -0.25) is 25.4 Å². The largest absolute Gasteiger partial charge is 1.00 e. The van der Waals surface area contributed by atoms with Crippen LogP contribution in [0, 0.1) is 17.7 Å². The molecule has 5 rings (SSSR count). The minimum Gasteiger partial charge on any atom is -0.708 e. The Kier molecular flexibility index (Phi) is 15.3. The Morgan fingerprint density at radius 3 is 1.91 bits per heavy atom. The Bertz CT molecular complexity index is 2620. The molecule has 0 saturated heterocycles. The summed E-state index contributed by atoms with van der Waals surface area (Å²) in [6, 6.07) is 0. The fourth-order valence-corrected chi connectivity index (χ4v) is 12.7. The van der Waals surface area contributed by atoms with E-state index in [-0.39, 0.29) is 134 Å². The fourth-order valence-electron chi connectivity index (χ4n) is 4.23. The number of hydrogen-bond acceptors (Lipinski definition) is 21. The number of aromatic nitrogens is 1. The van der Waals surface area contributed by atoms with Gasteiger partial charge in [0.15, 0.2) is 17.5 Å². The number of phenols is 1. The van der Waals surface area contributed by atoms with Crippen molar-refractivity contribution < 1.29 is 136 Å². The third-order valence-electron chi connectivity index (χ3n) is 6.05. The Morgan fingerprint density at radius 1 is 0.830 bits per heavy atom. The number of benzene rings is 3. The van der Waals surface area contributed by atoms with E-state index in [4.69, 9.17) is 50.1 Å². The van der Waals surface area contributed by atoms with Gasteiger partial charge >= 0.3 is 88.7 Å². The van der Waals surface area contributed by atoms with Gasteiger partial charge in [0, 0.05) is 27.9 Å². The van der Waals surface area contributed by atoms with Crippen LogP contribution in [-0.2, 0) is 78.9 Å². The van der Waals surface area contributed by atoms with E-state index >= 15 is 0 Å². The molecular formula is C19H9N4Na3O12S9. The number of aromatic hydroxyl groups is 1. The van der Waals surface area contributed by atoms with E-state index in [2.05, 4.69) is 23.0 Å². The Labute approximate surface area is 356 Å². The topological polar surface area (TPSA) is 284 Å². The third-order valence-corrected chi connectivity index (χ3v) is 15.3. The summed E-state index contributed by atoms with van der Waals surface area (Å²) in [4.78, 5) is 27.5. The van der Waals surface area contributed by atoms with E-state index < -0.39 is 74.8 Å². The minimum atomic E-state index is -4.49. The maximum atomic E-state index is 13.5. The summed E-state index contributed by atoms with van der Waals surface area (Å²) in [5, 5.41) is 62.7. The second kappa shape index (κ2) is 16.3. The molecule has 2 heterocycles. The molecule has 0 bridgehead atoms. The molecule has 47 heavy (non-hydrogen) atoms. The van der Waals surface area contributed by atoms with Gasteiger partial charge in [-0.15, -0.1) is 34.0 Å². The van der Waals surface area contributed by atoms with Crippen LogP contribution in [0.2, 0.25) is 0 Å². The van der Waals surface area contributed by atoms with Gasteiger partial charge in [-0.2, -0.15) is 4.33 Å². The monoisotopic (exact) mass is 842 g/mol. The van der Waals surface area contributed by atoms with Crippen LogP contribution in [0.3, 0.4) is 0 Å². The zero-order chi connectivity index (χ0) is 32.6. The van der Waals surface area contributed by atoms with Gasteiger partial charge in [0.05, 0.1) is 59.6 Å². The molecule has 0 radical (unpaired) electrons. The Balaban J connectivity index is 0.00000256. The summed E-state index contributed by atoms with van der Waals surface area (Å²) >= 11 is 16.6. The molecule has 2 aromatic heterocycles. The van der Waals surface area contributed by atoms with Crippen molar-refractivity contribution in [1.29, 1.82) is 10.8 Å². The van der Waals surface area contributed by atoms with Crippen molar-refractivity contribution in [2.45, 2.75) is 21.6 Å². The van der Waals surface area contributed by atoms with E-state index in [9.17, 15) is 38.9 Å². The first-order valence-electron chi connectivity index (χ1n) is 10.8. The normalized spacial score (nSPS) is 14.6. The van der Waals surface area contributed by atoms with Crippen LogP contribution in [0.15, 0.2) is 24.3 Å². The molecule has 0 fully saturated rings. The summed E-state index contributed by atoms with van der Waals surface area (Å²) in [7, 11) is -10.8. The molecular weight excluding hydrogens is 834 g/mol. The summed E-state index contributed by atoms with van der Waals surface area (Å²) in [5.74, 6) is -0.511. The van der Waals surface area contributed by atoms with Crippen molar-refractivity contribution in [3.05, 3.63) is 36.7 Å². The third kappa shape index (κ3) is 7.31. The summed E-state index contributed by atoms with van der Waals surface area (Å²) in [5.41, 5.74) is 3.26. The molecule has 0 aliphatic heterocycles. The van der Waals surface area contributed by atoms with E-state index in [1.165, 1.54) is 6.92 Å². The second-order valence-corrected chi connectivity index (χ2v) is 18.9. The number of nitrogen functional groups attached to an aromatic ring is 1. The second-order valence-electron chi connectivity index (χ2n) is 8.35. The van der Waals surface area contributed by atoms with Crippen molar-refractivity contribution >= 4 is 140 Å². The van der Waals surface area contributed by atoms with E-state index in [0.717, 1.165) is 11.3 Å². The number of phenolic OH excluding ortho intramolecular Hbond substituents is 1. The van der Waals surface area contributed by atoms with Crippen molar-refractivity contribution in [2.24, 2.45) is 0 Å². The zero-order valence-corrected chi connectivity index (χ0v) is 37.0. The maximum absolute atomic E-state index is 13.5. The number of nitrogens with one attached hydrogen (secondary N) is 3. The van der Waals surface area contributed by atoms with Gasteiger partial charge in [-0.05, 0) is 18.1 Å². The molecule has 28 heteroatoms. The number of aromatic amines is 1. The Hall–Kier alpha value is 0.950. The van der Waals surface area contributed by atoms with Crippen molar-refractivity contribution in [2.75, 3.05) is 5.73 Å².